The lowest BCUT2D eigenvalue weighted by Gasteiger charge is -2.21. The van der Waals surface area contributed by atoms with Crippen LogP contribution in [0.15, 0.2) is 54.6 Å². The van der Waals surface area contributed by atoms with E-state index < -0.39 is 0 Å². The summed E-state index contributed by atoms with van der Waals surface area (Å²) in [6, 6.07) is 15.2. The van der Waals surface area contributed by atoms with Crippen molar-refractivity contribution in [3.63, 3.8) is 0 Å². The second-order valence-electron chi connectivity index (χ2n) is 6.47. The number of benzene rings is 2. The Balaban J connectivity index is 1.53. The predicted octanol–water partition coefficient (Wildman–Crippen LogP) is 3.93. The van der Waals surface area contributed by atoms with Crippen LogP contribution in [0.3, 0.4) is 0 Å². The number of ether oxygens (including phenoxy) is 1. The third-order valence-corrected chi connectivity index (χ3v) is 4.82. The Morgan fingerprint density at radius 2 is 1.78 bits per heavy atom. The summed E-state index contributed by atoms with van der Waals surface area (Å²) >= 11 is 5.18. The van der Waals surface area contributed by atoms with Gasteiger partial charge in [-0.25, -0.2) is 4.39 Å². The summed E-state index contributed by atoms with van der Waals surface area (Å²) in [7, 11) is 0. The lowest BCUT2D eigenvalue weighted by molar-refractivity contribution is -0.128. The van der Waals surface area contributed by atoms with Crippen molar-refractivity contribution < 1.29 is 18.7 Å². The number of hydrogen-bond donors (Lipinski definition) is 0. The van der Waals surface area contributed by atoms with Gasteiger partial charge in [-0.2, -0.15) is 0 Å². The first-order valence-corrected chi connectivity index (χ1v) is 9.27. The van der Waals surface area contributed by atoms with E-state index in [2.05, 4.69) is 0 Å². The number of carbonyl (C=O) groups is 2. The van der Waals surface area contributed by atoms with Crippen LogP contribution >= 0.6 is 12.2 Å². The third kappa shape index (κ3) is 4.98. The fourth-order valence-corrected chi connectivity index (χ4v) is 3.42. The highest BCUT2D eigenvalue weighted by molar-refractivity contribution is 7.80. The van der Waals surface area contributed by atoms with E-state index in [9.17, 15) is 14.0 Å². The second kappa shape index (κ2) is 8.86. The van der Waals surface area contributed by atoms with Gasteiger partial charge in [0.2, 0.25) is 5.91 Å². The maximum absolute atomic E-state index is 12.9. The fourth-order valence-electron chi connectivity index (χ4n) is 3.10. The van der Waals surface area contributed by atoms with Crippen molar-refractivity contribution in [3.05, 3.63) is 71.5 Å². The Bertz CT molecular complexity index is 823. The summed E-state index contributed by atoms with van der Waals surface area (Å²) in [6.45, 7) is 0.383. The molecule has 0 aliphatic carbocycles. The van der Waals surface area contributed by atoms with E-state index in [-0.39, 0.29) is 41.6 Å². The predicted molar refractivity (Wildman–Crippen MR) is 104 cm³/mol. The second-order valence-corrected chi connectivity index (χ2v) is 6.82. The average molecular weight is 385 g/mol. The van der Waals surface area contributed by atoms with Gasteiger partial charge >= 0.3 is 0 Å². The zero-order chi connectivity index (χ0) is 19.2. The molecular formula is C21H20FNO3S. The Hall–Kier alpha value is -2.60. The van der Waals surface area contributed by atoms with Gasteiger partial charge in [0.05, 0.1) is 6.04 Å². The number of ketones is 1. The number of halogens is 1. The van der Waals surface area contributed by atoms with Crippen molar-refractivity contribution in [2.75, 3.05) is 6.61 Å². The average Bonchev–Trinajstić information content (AvgIpc) is 3.03. The minimum Gasteiger partial charge on any atom is -0.468 e. The van der Waals surface area contributed by atoms with Crippen LogP contribution in [-0.2, 0) is 16.0 Å². The first kappa shape index (κ1) is 19.2. The standard InChI is InChI=1S/C21H20FNO3S/c22-17-11-9-16(10-12-17)19(24)7-4-8-20(25)23-18(14-26-21(23)27)13-15-5-2-1-3-6-15/h1-3,5-6,9-12,18H,4,7-8,13-14H2. The summed E-state index contributed by atoms with van der Waals surface area (Å²) in [5.41, 5.74) is 1.56. The molecule has 1 aliphatic heterocycles. The highest BCUT2D eigenvalue weighted by atomic mass is 32.1. The number of hydrogen-bond acceptors (Lipinski definition) is 4. The molecule has 27 heavy (non-hydrogen) atoms. The molecule has 1 atom stereocenters. The number of amides is 1. The van der Waals surface area contributed by atoms with Crippen LogP contribution in [-0.4, -0.2) is 34.4 Å². The van der Waals surface area contributed by atoms with Crippen LogP contribution < -0.4 is 0 Å². The number of nitrogens with zero attached hydrogens (tertiary/aromatic N) is 1. The molecule has 1 fully saturated rings. The van der Waals surface area contributed by atoms with E-state index in [0.717, 1.165) is 5.56 Å². The number of rotatable bonds is 7. The van der Waals surface area contributed by atoms with Gasteiger partial charge in [0, 0.05) is 18.4 Å². The van der Waals surface area contributed by atoms with Gasteiger partial charge in [0.15, 0.2) is 5.78 Å². The molecule has 0 spiro atoms. The molecule has 0 radical (unpaired) electrons. The van der Waals surface area contributed by atoms with Gasteiger partial charge in [-0.05, 0) is 54.9 Å². The highest BCUT2D eigenvalue weighted by Gasteiger charge is 2.34. The zero-order valence-corrected chi connectivity index (χ0v) is 15.6. The lowest BCUT2D eigenvalue weighted by Crippen LogP contribution is -2.40. The molecule has 1 unspecified atom stereocenters. The molecule has 2 aromatic carbocycles. The monoisotopic (exact) mass is 385 g/mol. The third-order valence-electron chi connectivity index (χ3n) is 4.50. The first-order valence-electron chi connectivity index (χ1n) is 8.86. The summed E-state index contributed by atoms with van der Waals surface area (Å²) in [4.78, 5) is 26.3. The molecule has 1 heterocycles. The summed E-state index contributed by atoms with van der Waals surface area (Å²) in [5, 5.41) is 0.200. The lowest BCUT2D eigenvalue weighted by atomic mass is 10.0. The summed E-state index contributed by atoms with van der Waals surface area (Å²) in [5.74, 6) is -0.622. The van der Waals surface area contributed by atoms with Gasteiger partial charge in [-0.3, -0.25) is 14.5 Å². The van der Waals surface area contributed by atoms with Gasteiger partial charge in [0.1, 0.15) is 12.4 Å². The van der Waals surface area contributed by atoms with E-state index in [0.29, 0.717) is 25.0 Å². The van der Waals surface area contributed by atoms with Crippen LogP contribution in [0.2, 0.25) is 0 Å². The zero-order valence-electron chi connectivity index (χ0n) is 14.8. The molecule has 4 nitrogen and oxygen atoms in total. The Morgan fingerprint density at radius 3 is 2.48 bits per heavy atom. The van der Waals surface area contributed by atoms with E-state index in [1.54, 1.807) is 0 Å². The van der Waals surface area contributed by atoms with Crippen LogP contribution in [0, 0.1) is 5.82 Å². The van der Waals surface area contributed by atoms with Crippen LogP contribution in [0.4, 0.5) is 4.39 Å². The Morgan fingerprint density at radius 1 is 1.07 bits per heavy atom. The van der Waals surface area contributed by atoms with E-state index in [1.807, 2.05) is 30.3 Å². The molecule has 6 heteroatoms. The molecule has 0 bridgehead atoms. The van der Waals surface area contributed by atoms with E-state index in [4.69, 9.17) is 17.0 Å². The highest BCUT2D eigenvalue weighted by Crippen LogP contribution is 2.20. The largest absolute Gasteiger partial charge is 0.468 e. The molecule has 140 valence electrons. The van der Waals surface area contributed by atoms with Gasteiger partial charge < -0.3 is 4.74 Å². The molecule has 1 amide bonds. The molecule has 0 aromatic heterocycles. The van der Waals surface area contributed by atoms with Crippen molar-refractivity contribution in [1.82, 2.24) is 4.90 Å². The van der Waals surface area contributed by atoms with Crippen molar-refractivity contribution in [2.24, 2.45) is 0 Å². The van der Waals surface area contributed by atoms with Crippen molar-refractivity contribution in [1.29, 1.82) is 0 Å². The minimum atomic E-state index is -0.381. The maximum Gasteiger partial charge on any atom is 0.266 e. The quantitative estimate of drug-likeness (QED) is 0.535. The number of thiocarbonyl (C=S) groups is 1. The topological polar surface area (TPSA) is 46.6 Å². The van der Waals surface area contributed by atoms with E-state index in [1.165, 1.54) is 29.2 Å². The molecule has 0 N–H and O–H groups in total. The van der Waals surface area contributed by atoms with Gasteiger partial charge in [0.25, 0.3) is 5.17 Å². The number of Topliss-reactive ketones (excluding diaryl/α,β-unsaturated/α-hetero) is 1. The van der Waals surface area contributed by atoms with Crippen molar-refractivity contribution in [3.8, 4) is 0 Å². The van der Waals surface area contributed by atoms with Gasteiger partial charge in [-0.15, -0.1) is 0 Å². The Kier molecular flexibility index (Phi) is 6.29. The molecule has 0 saturated carbocycles. The van der Waals surface area contributed by atoms with E-state index >= 15 is 0 Å². The number of carbonyl (C=O) groups excluding carboxylic acids is 2. The molecule has 1 saturated heterocycles. The Labute approximate surface area is 162 Å². The molecule has 2 aromatic rings. The van der Waals surface area contributed by atoms with Gasteiger partial charge in [-0.1, -0.05) is 30.3 Å². The molecular weight excluding hydrogens is 365 g/mol. The normalized spacial score (nSPS) is 16.3. The minimum absolute atomic E-state index is 0.108. The molecule has 3 rings (SSSR count). The first-order chi connectivity index (χ1) is 13.0. The summed E-state index contributed by atoms with van der Waals surface area (Å²) in [6.07, 6.45) is 1.51. The van der Waals surface area contributed by atoms with Crippen molar-refractivity contribution >= 4 is 29.1 Å². The van der Waals surface area contributed by atoms with Crippen LogP contribution in [0.1, 0.15) is 35.2 Å². The fraction of sp³-hybridized carbons (Fsp3) is 0.286. The SMILES string of the molecule is O=C(CCCC(=O)N1C(=S)OCC1Cc1ccccc1)c1ccc(F)cc1. The summed E-state index contributed by atoms with van der Waals surface area (Å²) < 4.78 is 18.3. The smallest absolute Gasteiger partial charge is 0.266 e. The van der Waals surface area contributed by atoms with Crippen LogP contribution in [0.5, 0.6) is 0 Å². The molecule has 1 aliphatic rings. The van der Waals surface area contributed by atoms with Crippen LogP contribution in [0.25, 0.3) is 0 Å². The van der Waals surface area contributed by atoms with Crippen molar-refractivity contribution in [2.45, 2.75) is 31.7 Å². The maximum atomic E-state index is 12.9.